The molecule has 5 aliphatic rings. The molecule has 0 spiro atoms. The van der Waals surface area contributed by atoms with Gasteiger partial charge in [-0.2, -0.15) is 0 Å². The Bertz CT molecular complexity index is 1740. The lowest BCUT2D eigenvalue weighted by Crippen LogP contribution is -2.59. The molecular formula is C36H48N6O8S. The van der Waals surface area contributed by atoms with Gasteiger partial charge in [-0.1, -0.05) is 50.3 Å². The van der Waals surface area contributed by atoms with E-state index in [9.17, 15) is 32.4 Å². The molecule has 0 unspecified atom stereocenters. The fourth-order valence-electron chi connectivity index (χ4n) is 7.20. The largest absolute Gasteiger partial charge is 0.444 e. The summed E-state index contributed by atoms with van der Waals surface area (Å²) in [6.07, 6.45) is 7.58. The molecule has 2 aliphatic carbocycles. The van der Waals surface area contributed by atoms with E-state index < -0.39 is 74.8 Å². The van der Waals surface area contributed by atoms with Crippen molar-refractivity contribution in [3.8, 4) is 0 Å². The lowest BCUT2D eigenvalue weighted by molar-refractivity contribution is -0.141. The molecule has 0 radical (unpaired) electrons. The van der Waals surface area contributed by atoms with E-state index in [1.165, 1.54) is 15.9 Å². The Morgan fingerprint density at radius 1 is 1.14 bits per heavy atom. The van der Waals surface area contributed by atoms with E-state index in [0.717, 1.165) is 36.0 Å². The van der Waals surface area contributed by atoms with E-state index in [4.69, 9.17) is 4.74 Å². The first kappa shape index (κ1) is 36.4. The summed E-state index contributed by atoms with van der Waals surface area (Å²) >= 11 is 0. The molecule has 3 aliphatic heterocycles. The van der Waals surface area contributed by atoms with Crippen LogP contribution in [0.3, 0.4) is 0 Å². The molecule has 5 atom stereocenters. The van der Waals surface area contributed by atoms with Crippen LogP contribution >= 0.6 is 0 Å². The van der Waals surface area contributed by atoms with Crippen LogP contribution in [-0.4, -0.2) is 102 Å². The number of amides is 6. The van der Waals surface area contributed by atoms with Gasteiger partial charge in [0.15, 0.2) is 0 Å². The molecule has 4 bridgehead atoms. The normalized spacial score (nSPS) is 29.3. The van der Waals surface area contributed by atoms with Crippen LogP contribution in [0.15, 0.2) is 36.9 Å². The van der Waals surface area contributed by atoms with E-state index in [0.29, 0.717) is 32.5 Å². The quantitative estimate of drug-likeness (QED) is 0.360. The number of allylic oxidation sites excluding steroid dienone is 1. The first-order chi connectivity index (χ1) is 24.2. The average molecular weight is 725 g/mol. The maximum atomic E-state index is 14.3. The van der Waals surface area contributed by atoms with E-state index in [2.05, 4.69) is 34.1 Å². The van der Waals surface area contributed by atoms with Gasteiger partial charge in [0.25, 0.3) is 5.91 Å². The van der Waals surface area contributed by atoms with Crippen LogP contribution in [0.5, 0.6) is 0 Å². The lowest BCUT2D eigenvalue weighted by atomic mass is 10.0. The summed E-state index contributed by atoms with van der Waals surface area (Å²) < 4.78 is 33.4. The first-order valence-corrected chi connectivity index (χ1v) is 19.3. The second kappa shape index (κ2) is 14.3. The van der Waals surface area contributed by atoms with Crippen LogP contribution < -0.4 is 15.4 Å². The molecule has 6 rings (SSSR count). The molecule has 15 heteroatoms. The molecule has 1 aromatic rings. The Balaban J connectivity index is 1.27. The van der Waals surface area contributed by atoms with Crippen molar-refractivity contribution < 1.29 is 37.1 Å². The van der Waals surface area contributed by atoms with Gasteiger partial charge in [-0.25, -0.2) is 18.0 Å². The minimum atomic E-state index is -3.90. The van der Waals surface area contributed by atoms with Gasteiger partial charge in [-0.05, 0) is 61.1 Å². The minimum Gasteiger partial charge on any atom is -0.444 e. The summed E-state index contributed by atoms with van der Waals surface area (Å²) in [5.41, 5.74) is 1.50. The number of hydrogen-bond acceptors (Lipinski definition) is 8. The lowest BCUT2D eigenvalue weighted by Gasteiger charge is -2.32. The van der Waals surface area contributed by atoms with E-state index in [-0.39, 0.29) is 25.3 Å². The van der Waals surface area contributed by atoms with Crippen LogP contribution in [0.25, 0.3) is 6.08 Å². The molecule has 6 amide bonds. The number of ether oxygens (including phenoxy) is 1. The first-order valence-electron chi connectivity index (χ1n) is 17.8. The van der Waals surface area contributed by atoms with Gasteiger partial charge in [-0.3, -0.25) is 24.0 Å². The number of hydrogen-bond donors (Lipinski definition) is 3. The van der Waals surface area contributed by atoms with E-state index >= 15 is 0 Å². The molecule has 3 N–H and O–H groups in total. The third kappa shape index (κ3) is 7.63. The number of nitrogens with one attached hydrogen (secondary N) is 3. The van der Waals surface area contributed by atoms with Gasteiger partial charge in [0.05, 0.1) is 18.3 Å². The number of carbonyl (C=O) groups is 5. The molecule has 2 saturated carbocycles. The Labute approximate surface area is 299 Å². The fourth-order valence-corrected chi connectivity index (χ4v) is 8.57. The number of rotatable bonds is 7. The predicted octanol–water partition coefficient (Wildman–Crippen LogP) is 2.64. The standard InChI is InChI=1S/C36H48N6O8S/c1-5-25-18-36(25,33(45)39-51(48,49)27-14-15-27)38-31(43)29-17-26-20-42(29)32(44)30(22(2)3)37-34(46)40(4)16-9-7-6-8-11-23-12-10-13-24-19-41(21-28(23)24)35(47)50-26/h5,8,10-13,22,25-27,29-30H,1,6-7,9,14-21H2,2-4H3,(H,37,46)(H,38,43)(H,39,45)/b11-8+/t25-,26-,29+,30+,36-/m1/s1. The van der Waals surface area contributed by atoms with Crippen LogP contribution in [0.4, 0.5) is 9.59 Å². The van der Waals surface area contributed by atoms with E-state index in [1.54, 1.807) is 25.8 Å². The second-order valence-corrected chi connectivity index (χ2v) is 16.7. The molecular weight excluding hydrogens is 676 g/mol. The number of urea groups is 1. The van der Waals surface area contributed by atoms with E-state index in [1.807, 2.05) is 18.2 Å². The van der Waals surface area contributed by atoms with Gasteiger partial charge < -0.3 is 25.2 Å². The third-order valence-electron chi connectivity index (χ3n) is 10.6. The fraction of sp³-hybridized carbons (Fsp3) is 0.583. The Hall–Kier alpha value is -4.40. The number of carbonyl (C=O) groups excluding carboxylic acids is 5. The molecule has 0 aromatic heterocycles. The molecule has 1 saturated heterocycles. The summed E-state index contributed by atoms with van der Waals surface area (Å²) in [4.78, 5) is 73.1. The zero-order valence-electron chi connectivity index (χ0n) is 29.4. The molecule has 51 heavy (non-hydrogen) atoms. The zero-order chi connectivity index (χ0) is 36.7. The van der Waals surface area contributed by atoms with Crippen molar-refractivity contribution in [3.63, 3.8) is 0 Å². The Morgan fingerprint density at radius 2 is 1.90 bits per heavy atom. The van der Waals surface area contributed by atoms with Crippen molar-refractivity contribution in [2.24, 2.45) is 11.8 Å². The van der Waals surface area contributed by atoms with Gasteiger partial charge in [0.2, 0.25) is 21.8 Å². The Morgan fingerprint density at radius 3 is 2.59 bits per heavy atom. The summed E-state index contributed by atoms with van der Waals surface area (Å²) in [5.74, 6) is -2.97. The van der Waals surface area contributed by atoms with Crippen molar-refractivity contribution in [1.29, 1.82) is 0 Å². The highest BCUT2D eigenvalue weighted by molar-refractivity contribution is 7.91. The molecule has 276 valence electrons. The summed E-state index contributed by atoms with van der Waals surface area (Å²) in [6, 6.07) is 3.33. The monoisotopic (exact) mass is 724 g/mol. The van der Waals surface area contributed by atoms with Gasteiger partial charge in [0.1, 0.15) is 23.7 Å². The van der Waals surface area contributed by atoms with Crippen LogP contribution in [0.2, 0.25) is 0 Å². The summed E-state index contributed by atoms with van der Waals surface area (Å²) in [7, 11) is -2.23. The molecule has 3 heterocycles. The number of nitrogens with zero attached hydrogens (tertiary/aromatic N) is 3. The van der Waals surface area contributed by atoms with Gasteiger partial charge in [0, 0.05) is 32.5 Å². The predicted molar refractivity (Wildman–Crippen MR) is 188 cm³/mol. The highest BCUT2D eigenvalue weighted by Crippen LogP contribution is 2.45. The van der Waals surface area contributed by atoms with Crippen molar-refractivity contribution >= 4 is 45.9 Å². The summed E-state index contributed by atoms with van der Waals surface area (Å²) in [6.45, 7) is 8.39. The topological polar surface area (TPSA) is 175 Å². The van der Waals surface area contributed by atoms with Crippen molar-refractivity contribution in [1.82, 2.24) is 30.1 Å². The SMILES string of the molecule is C=C[C@@H]1C[C@]1(NC(=O)[C@@H]1C[C@@H]2CN1C(=O)[C@H](C(C)C)NC(=O)N(C)CCCC/C=C/c1cccc3c1CN(C3)C(=O)O2)C(=O)NS(=O)(=O)C1CC1. The molecule has 1 aromatic carbocycles. The molecule has 14 nitrogen and oxygen atoms in total. The summed E-state index contributed by atoms with van der Waals surface area (Å²) in [5, 5.41) is 4.95. The highest BCUT2D eigenvalue weighted by Gasteiger charge is 2.62. The maximum absolute atomic E-state index is 14.3. The number of fused-ring (bicyclic) bond motifs is 3. The Kier molecular flexibility index (Phi) is 10.2. The average Bonchev–Trinajstić information content (AvgIpc) is 3.98. The van der Waals surface area contributed by atoms with Gasteiger partial charge in [-0.15, -0.1) is 6.58 Å². The minimum absolute atomic E-state index is 0.0619. The highest BCUT2D eigenvalue weighted by atomic mass is 32.2. The number of sulfonamides is 1. The van der Waals surface area contributed by atoms with Crippen molar-refractivity contribution in [2.75, 3.05) is 20.1 Å². The third-order valence-corrected chi connectivity index (χ3v) is 12.4. The smallest absolute Gasteiger partial charge is 0.410 e. The van der Waals surface area contributed by atoms with Crippen molar-refractivity contribution in [3.05, 3.63) is 53.6 Å². The molecule has 3 fully saturated rings. The van der Waals surface area contributed by atoms with Crippen LogP contribution in [0.1, 0.15) is 75.5 Å². The van der Waals surface area contributed by atoms with Crippen LogP contribution in [-0.2, 0) is 42.2 Å². The maximum Gasteiger partial charge on any atom is 0.410 e. The number of benzene rings is 1. The van der Waals surface area contributed by atoms with Crippen LogP contribution in [0, 0.1) is 11.8 Å². The zero-order valence-corrected chi connectivity index (χ0v) is 30.2. The van der Waals surface area contributed by atoms with Crippen molar-refractivity contribution in [2.45, 2.75) is 101 Å². The van der Waals surface area contributed by atoms with Gasteiger partial charge >= 0.3 is 12.1 Å². The second-order valence-electron chi connectivity index (χ2n) is 14.8.